The molecule has 0 unspecified atom stereocenters. The van der Waals surface area contributed by atoms with Gasteiger partial charge in [-0.25, -0.2) is 0 Å². The van der Waals surface area contributed by atoms with E-state index in [-0.39, 0.29) is 5.78 Å². The summed E-state index contributed by atoms with van der Waals surface area (Å²) in [6, 6.07) is 5.61. The molecule has 0 aromatic heterocycles. The van der Waals surface area contributed by atoms with Crippen molar-refractivity contribution in [2.24, 2.45) is 0 Å². The number of benzene rings is 1. The van der Waals surface area contributed by atoms with Crippen LogP contribution in [0.3, 0.4) is 0 Å². The number of ketones is 1. The van der Waals surface area contributed by atoms with Gasteiger partial charge in [-0.15, -0.1) is 0 Å². The molecule has 0 heterocycles. The molecule has 0 radical (unpaired) electrons. The number of Topliss-reactive ketones (excluding diaryl/α,β-unsaturated/α-hetero) is 1. The predicted molar refractivity (Wildman–Crippen MR) is 83.9 cm³/mol. The molecule has 1 aromatic carbocycles. The predicted octanol–water partition coefficient (Wildman–Crippen LogP) is 4.53. The van der Waals surface area contributed by atoms with E-state index >= 15 is 0 Å². The van der Waals surface area contributed by atoms with Gasteiger partial charge in [-0.1, -0.05) is 25.7 Å². The lowest BCUT2D eigenvalue weighted by atomic mass is 10.1. The molecule has 0 N–H and O–H groups in total. The van der Waals surface area contributed by atoms with Crippen LogP contribution in [0.5, 0.6) is 5.75 Å². The largest absolute Gasteiger partial charge is 0.494 e. The van der Waals surface area contributed by atoms with E-state index in [2.05, 4.69) is 0 Å². The highest BCUT2D eigenvalue weighted by molar-refractivity contribution is 5.94. The molecule has 21 heavy (non-hydrogen) atoms. The highest BCUT2D eigenvalue weighted by Gasteiger charge is 2.14. The van der Waals surface area contributed by atoms with E-state index in [0.29, 0.717) is 19.3 Å². The SMILES string of the molecule is CCOc1ccc(C(C)=O)cc1COC1CCCCCC1. The lowest BCUT2D eigenvalue weighted by Crippen LogP contribution is -2.12. The Kier molecular flexibility index (Phi) is 6.24. The first-order chi connectivity index (χ1) is 10.2. The van der Waals surface area contributed by atoms with Crippen molar-refractivity contribution in [3.63, 3.8) is 0 Å². The first-order valence-electron chi connectivity index (χ1n) is 8.09. The number of hydrogen-bond donors (Lipinski definition) is 0. The third-order valence-corrected chi connectivity index (χ3v) is 4.04. The van der Waals surface area contributed by atoms with Crippen molar-refractivity contribution in [1.29, 1.82) is 0 Å². The molecule has 0 saturated heterocycles. The molecule has 1 aromatic rings. The Morgan fingerprint density at radius 1 is 1.19 bits per heavy atom. The van der Waals surface area contributed by atoms with E-state index in [1.54, 1.807) is 6.92 Å². The van der Waals surface area contributed by atoms with Gasteiger partial charge in [0.15, 0.2) is 5.78 Å². The molecule has 3 heteroatoms. The first-order valence-corrected chi connectivity index (χ1v) is 8.09. The third kappa shape index (κ3) is 4.85. The number of ether oxygens (including phenoxy) is 2. The molecular weight excluding hydrogens is 264 g/mol. The zero-order chi connectivity index (χ0) is 15.1. The number of hydrogen-bond acceptors (Lipinski definition) is 3. The maximum Gasteiger partial charge on any atom is 0.159 e. The molecule has 0 atom stereocenters. The fraction of sp³-hybridized carbons (Fsp3) is 0.611. The van der Waals surface area contributed by atoms with Crippen LogP contribution in [-0.4, -0.2) is 18.5 Å². The molecule has 0 spiro atoms. The second-order valence-electron chi connectivity index (χ2n) is 5.74. The van der Waals surface area contributed by atoms with Crippen LogP contribution in [0.1, 0.15) is 68.3 Å². The summed E-state index contributed by atoms with van der Waals surface area (Å²) in [6.45, 7) is 4.71. The van der Waals surface area contributed by atoms with Gasteiger partial charge in [0.1, 0.15) is 5.75 Å². The van der Waals surface area contributed by atoms with Gasteiger partial charge >= 0.3 is 0 Å². The van der Waals surface area contributed by atoms with Crippen molar-refractivity contribution in [2.75, 3.05) is 6.61 Å². The normalized spacial score (nSPS) is 16.5. The minimum Gasteiger partial charge on any atom is -0.494 e. The minimum absolute atomic E-state index is 0.0776. The lowest BCUT2D eigenvalue weighted by molar-refractivity contribution is 0.0298. The molecule has 1 fully saturated rings. The fourth-order valence-electron chi connectivity index (χ4n) is 2.82. The molecular formula is C18H26O3. The fourth-order valence-corrected chi connectivity index (χ4v) is 2.82. The van der Waals surface area contributed by atoms with E-state index < -0.39 is 0 Å². The smallest absolute Gasteiger partial charge is 0.159 e. The van der Waals surface area contributed by atoms with Gasteiger partial charge in [0, 0.05) is 11.1 Å². The zero-order valence-electron chi connectivity index (χ0n) is 13.2. The highest BCUT2D eigenvalue weighted by atomic mass is 16.5. The Morgan fingerprint density at radius 2 is 1.90 bits per heavy atom. The second kappa shape index (κ2) is 8.18. The van der Waals surface area contributed by atoms with E-state index in [9.17, 15) is 4.79 Å². The van der Waals surface area contributed by atoms with Gasteiger partial charge in [-0.3, -0.25) is 4.79 Å². The Morgan fingerprint density at radius 3 is 2.52 bits per heavy atom. The van der Waals surface area contributed by atoms with Crippen molar-refractivity contribution < 1.29 is 14.3 Å². The van der Waals surface area contributed by atoms with Gasteiger partial charge in [0.2, 0.25) is 0 Å². The van der Waals surface area contributed by atoms with Crippen molar-refractivity contribution in [3.8, 4) is 5.75 Å². The van der Waals surface area contributed by atoms with Gasteiger partial charge < -0.3 is 9.47 Å². The molecule has 1 aliphatic carbocycles. The van der Waals surface area contributed by atoms with E-state index in [1.165, 1.54) is 25.7 Å². The van der Waals surface area contributed by atoms with Crippen LogP contribution >= 0.6 is 0 Å². The molecule has 116 valence electrons. The lowest BCUT2D eigenvalue weighted by Gasteiger charge is -2.17. The summed E-state index contributed by atoms with van der Waals surface area (Å²) < 4.78 is 11.7. The maximum atomic E-state index is 11.5. The summed E-state index contributed by atoms with van der Waals surface area (Å²) in [5.41, 5.74) is 1.70. The number of carbonyl (C=O) groups excluding carboxylic acids is 1. The number of carbonyl (C=O) groups is 1. The van der Waals surface area contributed by atoms with Crippen LogP contribution in [0.2, 0.25) is 0 Å². The number of rotatable bonds is 6. The first kappa shape index (κ1) is 16.0. The molecule has 3 nitrogen and oxygen atoms in total. The Bertz CT molecular complexity index is 460. The Balaban J connectivity index is 2.04. The Hall–Kier alpha value is -1.35. The molecule has 1 saturated carbocycles. The quantitative estimate of drug-likeness (QED) is 0.570. The summed E-state index contributed by atoms with van der Waals surface area (Å²) in [5, 5.41) is 0. The highest BCUT2D eigenvalue weighted by Crippen LogP contribution is 2.25. The van der Waals surface area contributed by atoms with E-state index in [0.717, 1.165) is 29.7 Å². The van der Waals surface area contributed by atoms with Gasteiger partial charge in [-0.05, 0) is 44.9 Å². The summed E-state index contributed by atoms with van der Waals surface area (Å²) in [6.07, 6.45) is 7.82. The molecule has 1 aliphatic rings. The summed E-state index contributed by atoms with van der Waals surface area (Å²) in [4.78, 5) is 11.5. The zero-order valence-corrected chi connectivity index (χ0v) is 13.2. The van der Waals surface area contributed by atoms with Crippen LogP contribution in [0.25, 0.3) is 0 Å². The summed E-state index contributed by atoms with van der Waals surface area (Å²) in [5.74, 6) is 0.907. The van der Waals surface area contributed by atoms with E-state index in [1.807, 2.05) is 25.1 Å². The van der Waals surface area contributed by atoms with E-state index in [4.69, 9.17) is 9.47 Å². The van der Waals surface area contributed by atoms with Crippen molar-refractivity contribution in [2.45, 2.75) is 65.1 Å². The summed E-state index contributed by atoms with van der Waals surface area (Å²) >= 11 is 0. The summed E-state index contributed by atoms with van der Waals surface area (Å²) in [7, 11) is 0. The average molecular weight is 290 g/mol. The van der Waals surface area contributed by atoms with Crippen LogP contribution in [0, 0.1) is 0 Å². The Labute approximate surface area is 127 Å². The van der Waals surface area contributed by atoms with Crippen LogP contribution in [0.15, 0.2) is 18.2 Å². The van der Waals surface area contributed by atoms with Crippen molar-refractivity contribution >= 4 is 5.78 Å². The minimum atomic E-state index is 0.0776. The van der Waals surface area contributed by atoms with Gasteiger partial charge in [0.25, 0.3) is 0 Å². The standard InChI is InChI=1S/C18H26O3/c1-3-20-18-11-10-15(14(2)19)12-16(18)13-21-17-8-6-4-5-7-9-17/h10-12,17H,3-9,13H2,1-2H3. The van der Waals surface area contributed by atoms with Crippen molar-refractivity contribution in [3.05, 3.63) is 29.3 Å². The van der Waals surface area contributed by atoms with Crippen molar-refractivity contribution in [1.82, 2.24) is 0 Å². The molecule has 2 rings (SSSR count). The second-order valence-corrected chi connectivity index (χ2v) is 5.74. The van der Waals surface area contributed by atoms with Crippen LogP contribution < -0.4 is 4.74 Å². The molecule has 0 aliphatic heterocycles. The molecule has 0 bridgehead atoms. The average Bonchev–Trinajstić information content (AvgIpc) is 2.75. The monoisotopic (exact) mass is 290 g/mol. The maximum absolute atomic E-state index is 11.5. The molecule has 0 amide bonds. The van der Waals surface area contributed by atoms with Gasteiger partial charge in [-0.2, -0.15) is 0 Å². The van der Waals surface area contributed by atoms with Gasteiger partial charge in [0.05, 0.1) is 19.3 Å². The van der Waals surface area contributed by atoms with Crippen LogP contribution in [-0.2, 0) is 11.3 Å². The van der Waals surface area contributed by atoms with Crippen LogP contribution in [0.4, 0.5) is 0 Å². The topological polar surface area (TPSA) is 35.5 Å². The third-order valence-electron chi connectivity index (χ3n) is 4.04.